The van der Waals surface area contributed by atoms with Crippen molar-refractivity contribution in [3.63, 3.8) is 0 Å². The highest BCUT2D eigenvalue weighted by Gasteiger charge is 2.39. The molecule has 0 amide bonds. The van der Waals surface area contributed by atoms with Crippen LogP contribution in [0.3, 0.4) is 0 Å². The van der Waals surface area contributed by atoms with Gasteiger partial charge in [-0.2, -0.15) is 18.4 Å². The van der Waals surface area contributed by atoms with E-state index in [2.05, 4.69) is 0 Å². The van der Waals surface area contributed by atoms with Crippen LogP contribution in [0.1, 0.15) is 22.8 Å². The van der Waals surface area contributed by atoms with Gasteiger partial charge in [0, 0.05) is 24.5 Å². The standard InChI is InChI=1S/C14H11F3N2O/c15-14(16,17)13(20)12-4-5-19(9-12)8-11-3-1-2-10(6-11)7-18/h1-6,9,13,20H,8H2. The van der Waals surface area contributed by atoms with Crippen LogP contribution in [-0.2, 0) is 6.54 Å². The van der Waals surface area contributed by atoms with Gasteiger partial charge in [-0.25, -0.2) is 0 Å². The van der Waals surface area contributed by atoms with Crippen molar-refractivity contribution in [2.45, 2.75) is 18.8 Å². The van der Waals surface area contributed by atoms with Crippen molar-refractivity contribution in [3.8, 4) is 6.07 Å². The predicted octanol–water partition coefficient (Wildman–Crippen LogP) is 3.00. The molecule has 0 aliphatic rings. The summed E-state index contributed by atoms with van der Waals surface area (Å²) < 4.78 is 38.7. The van der Waals surface area contributed by atoms with E-state index in [0.717, 1.165) is 5.56 Å². The first-order chi connectivity index (χ1) is 9.40. The minimum absolute atomic E-state index is 0.200. The third-order valence-corrected chi connectivity index (χ3v) is 2.82. The molecule has 104 valence electrons. The number of hydrogen-bond acceptors (Lipinski definition) is 2. The average Bonchev–Trinajstić information content (AvgIpc) is 2.85. The molecular weight excluding hydrogens is 269 g/mol. The second-order valence-electron chi connectivity index (χ2n) is 4.37. The molecule has 6 heteroatoms. The fourth-order valence-electron chi connectivity index (χ4n) is 1.86. The molecule has 1 heterocycles. The first kappa shape index (κ1) is 14.2. The molecule has 0 saturated carbocycles. The van der Waals surface area contributed by atoms with Crippen LogP contribution >= 0.6 is 0 Å². The van der Waals surface area contributed by atoms with Crippen LogP contribution in [0, 0.1) is 11.3 Å². The van der Waals surface area contributed by atoms with Gasteiger partial charge in [-0.1, -0.05) is 12.1 Å². The van der Waals surface area contributed by atoms with Crippen molar-refractivity contribution in [3.05, 3.63) is 59.4 Å². The Labute approximate surface area is 113 Å². The Morgan fingerprint density at radius 1 is 1.30 bits per heavy atom. The monoisotopic (exact) mass is 280 g/mol. The highest BCUT2D eigenvalue weighted by Crippen LogP contribution is 2.32. The quantitative estimate of drug-likeness (QED) is 0.939. The molecule has 1 N–H and O–H groups in total. The van der Waals surface area contributed by atoms with Gasteiger partial charge in [-0.05, 0) is 23.8 Å². The predicted molar refractivity (Wildman–Crippen MR) is 65.7 cm³/mol. The molecule has 20 heavy (non-hydrogen) atoms. The number of alkyl halides is 3. The van der Waals surface area contributed by atoms with Crippen molar-refractivity contribution in [2.24, 2.45) is 0 Å². The zero-order valence-corrected chi connectivity index (χ0v) is 10.3. The summed E-state index contributed by atoms with van der Waals surface area (Å²) in [4.78, 5) is 0. The molecule has 0 spiro atoms. The Bertz CT molecular complexity index is 640. The molecule has 1 unspecified atom stereocenters. The van der Waals surface area contributed by atoms with Crippen LogP contribution in [0.25, 0.3) is 0 Å². The Morgan fingerprint density at radius 2 is 2.05 bits per heavy atom. The number of aliphatic hydroxyl groups excluding tert-OH is 1. The van der Waals surface area contributed by atoms with Crippen molar-refractivity contribution < 1.29 is 18.3 Å². The van der Waals surface area contributed by atoms with Gasteiger partial charge in [-0.15, -0.1) is 0 Å². The highest BCUT2D eigenvalue weighted by molar-refractivity contribution is 5.33. The van der Waals surface area contributed by atoms with E-state index in [0.29, 0.717) is 12.1 Å². The van der Waals surface area contributed by atoms with E-state index in [4.69, 9.17) is 10.4 Å². The van der Waals surface area contributed by atoms with E-state index in [1.54, 1.807) is 24.3 Å². The van der Waals surface area contributed by atoms with Crippen LogP contribution in [0.2, 0.25) is 0 Å². The summed E-state index contributed by atoms with van der Waals surface area (Å²) in [6.45, 7) is 0.333. The number of halogens is 3. The lowest BCUT2D eigenvalue weighted by Crippen LogP contribution is -2.19. The third-order valence-electron chi connectivity index (χ3n) is 2.82. The number of aromatic nitrogens is 1. The Morgan fingerprint density at radius 3 is 2.70 bits per heavy atom. The summed E-state index contributed by atoms with van der Waals surface area (Å²) in [6.07, 6.45) is -4.44. The van der Waals surface area contributed by atoms with E-state index >= 15 is 0 Å². The fourth-order valence-corrected chi connectivity index (χ4v) is 1.86. The smallest absolute Gasteiger partial charge is 0.379 e. The van der Waals surface area contributed by atoms with Gasteiger partial charge in [0.15, 0.2) is 6.10 Å². The Hall–Kier alpha value is -2.26. The molecule has 0 saturated heterocycles. The van der Waals surface area contributed by atoms with Crippen LogP contribution < -0.4 is 0 Å². The van der Waals surface area contributed by atoms with Gasteiger partial charge in [-0.3, -0.25) is 0 Å². The van der Waals surface area contributed by atoms with Crippen LogP contribution in [0.5, 0.6) is 0 Å². The molecule has 2 rings (SSSR count). The molecule has 0 aliphatic heterocycles. The second-order valence-corrected chi connectivity index (χ2v) is 4.37. The minimum Gasteiger partial charge on any atom is -0.379 e. The SMILES string of the molecule is N#Cc1cccc(Cn2ccc(C(O)C(F)(F)F)c2)c1. The molecular formula is C14H11F3N2O. The molecule has 0 bridgehead atoms. The summed E-state index contributed by atoms with van der Waals surface area (Å²) in [7, 11) is 0. The molecule has 1 aromatic carbocycles. The Balaban J connectivity index is 2.16. The average molecular weight is 280 g/mol. The summed E-state index contributed by atoms with van der Waals surface area (Å²) >= 11 is 0. The van der Waals surface area contributed by atoms with Gasteiger partial charge in [0.2, 0.25) is 0 Å². The van der Waals surface area contributed by atoms with E-state index in [1.165, 1.54) is 23.0 Å². The number of rotatable bonds is 3. The number of nitriles is 1. The zero-order valence-electron chi connectivity index (χ0n) is 10.3. The number of nitrogens with zero attached hydrogens (tertiary/aromatic N) is 2. The van der Waals surface area contributed by atoms with Gasteiger partial charge in [0.05, 0.1) is 11.6 Å². The molecule has 1 atom stereocenters. The summed E-state index contributed by atoms with van der Waals surface area (Å²) in [5.41, 5.74) is 1.09. The lowest BCUT2D eigenvalue weighted by atomic mass is 10.1. The van der Waals surface area contributed by atoms with E-state index in [9.17, 15) is 13.2 Å². The normalized spacial score (nSPS) is 12.9. The third kappa shape index (κ3) is 3.19. The summed E-state index contributed by atoms with van der Waals surface area (Å²) in [5.74, 6) is 0. The molecule has 0 aliphatic carbocycles. The summed E-state index contributed by atoms with van der Waals surface area (Å²) in [5, 5.41) is 17.9. The highest BCUT2D eigenvalue weighted by atomic mass is 19.4. The van der Waals surface area contributed by atoms with Gasteiger partial charge in [0.25, 0.3) is 0 Å². The van der Waals surface area contributed by atoms with Gasteiger partial charge >= 0.3 is 6.18 Å². The largest absolute Gasteiger partial charge is 0.418 e. The maximum Gasteiger partial charge on any atom is 0.418 e. The number of benzene rings is 1. The minimum atomic E-state index is -4.67. The van der Waals surface area contributed by atoms with E-state index in [1.807, 2.05) is 6.07 Å². The second kappa shape index (κ2) is 5.39. The number of hydrogen-bond donors (Lipinski definition) is 1. The molecule has 1 aromatic heterocycles. The Kier molecular flexibility index (Phi) is 3.81. The first-order valence-electron chi connectivity index (χ1n) is 5.79. The van der Waals surface area contributed by atoms with Gasteiger partial charge in [0.1, 0.15) is 0 Å². The molecule has 2 aromatic rings. The van der Waals surface area contributed by atoms with Gasteiger partial charge < -0.3 is 9.67 Å². The maximum absolute atomic E-state index is 12.4. The first-order valence-corrected chi connectivity index (χ1v) is 5.79. The fraction of sp³-hybridized carbons (Fsp3) is 0.214. The lowest BCUT2D eigenvalue weighted by molar-refractivity contribution is -0.206. The van der Waals surface area contributed by atoms with Crippen molar-refractivity contribution in [1.82, 2.24) is 4.57 Å². The van der Waals surface area contributed by atoms with E-state index < -0.39 is 12.3 Å². The molecule has 0 fully saturated rings. The zero-order chi connectivity index (χ0) is 14.8. The van der Waals surface area contributed by atoms with E-state index in [-0.39, 0.29) is 5.56 Å². The topological polar surface area (TPSA) is 49.0 Å². The molecule has 3 nitrogen and oxygen atoms in total. The van der Waals surface area contributed by atoms with Crippen LogP contribution in [-0.4, -0.2) is 15.8 Å². The van der Waals surface area contributed by atoms with Crippen molar-refractivity contribution >= 4 is 0 Å². The number of aliphatic hydroxyl groups is 1. The van der Waals surface area contributed by atoms with Crippen molar-refractivity contribution in [1.29, 1.82) is 5.26 Å². The molecule has 0 radical (unpaired) electrons. The maximum atomic E-state index is 12.4. The summed E-state index contributed by atoms with van der Waals surface area (Å²) in [6, 6.07) is 10.0. The lowest BCUT2D eigenvalue weighted by Gasteiger charge is -2.12. The van der Waals surface area contributed by atoms with Crippen molar-refractivity contribution in [2.75, 3.05) is 0 Å². The van der Waals surface area contributed by atoms with Crippen LogP contribution in [0.15, 0.2) is 42.7 Å². The van der Waals surface area contributed by atoms with Crippen LogP contribution in [0.4, 0.5) is 13.2 Å².